The molecule has 0 unspecified atom stereocenters. The summed E-state index contributed by atoms with van der Waals surface area (Å²) in [4.78, 5) is 23.8. The van der Waals surface area contributed by atoms with Crippen LogP contribution in [0.1, 0.15) is 11.1 Å². The Morgan fingerprint density at radius 2 is 1.71 bits per heavy atom. The first-order valence-electron chi connectivity index (χ1n) is 9.78. The SMILES string of the molecule is O=C(/C=C/c1ccc(S(=O)(=O)N2CCOCC2)cc1)NCC(=O)OCc1ccccc1. The van der Waals surface area contributed by atoms with Crippen molar-refractivity contribution in [3.05, 3.63) is 71.8 Å². The van der Waals surface area contributed by atoms with Gasteiger partial charge in [-0.2, -0.15) is 4.31 Å². The van der Waals surface area contributed by atoms with Crippen molar-refractivity contribution in [3.8, 4) is 0 Å². The molecule has 1 saturated heterocycles. The molecule has 164 valence electrons. The van der Waals surface area contributed by atoms with E-state index in [0.717, 1.165) is 5.56 Å². The van der Waals surface area contributed by atoms with Gasteiger partial charge in [0, 0.05) is 19.2 Å². The van der Waals surface area contributed by atoms with Crippen LogP contribution in [0.2, 0.25) is 0 Å². The van der Waals surface area contributed by atoms with Crippen LogP contribution in [-0.2, 0) is 35.7 Å². The molecule has 0 bridgehead atoms. The standard InChI is InChI=1S/C22H24N2O6S/c25-21(23-16-22(26)30-17-19-4-2-1-3-5-19)11-8-18-6-9-20(10-7-18)31(27,28)24-12-14-29-15-13-24/h1-11H,12-17H2,(H,23,25)/b11-8+. The van der Waals surface area contributed by atoms with E-state index < -0.39 is 21.9 Å². The summed E-state index contributed by atoms with van der Waals surface area (Å²) in [5.74, 6) is -0.995. The molecule has 0 aliphatic carbocycles. The fourth-order valence-electron chi connectivity index (χ4n) is 2.87. The van der Waals surface area contributed by atoms with Gasteiger partial charge in [-0.25, -0.2) is 8.42 Å². The minimum atomic E-state index is -3.56. The third kappa shape index (κ3) is 6.74. The molecule has 2 aromatic rings. The number of ether oxygens (including phenoxy) is 2. The summed E-state index contributed by atoms with van der Waals surface area (Å²) in [7, 11) is -3.56. The zero-order valence-electron chi connectivity index (χ0n) is 16.9. The Morgan fingerprint density at radius 3 is 2.39 bits per heavy atom. The summed E-state index contributed by atoms with van der Waals surface area (Å²) in [6.45, 7) is 1.33. The number of hydrogen-bond donors (Lipinski definition) is 1. The smallest absolute Gasteiger partial charge is 0.325 e. The van der Waals surface area contributed by atoms with Crippen LogP contribution < -0.4 is 5.32 Å². The van der Waals surface area contributed by atoms with Crippen molar-refractivity contribution in [3.63, 3.8) is 0 Å². The molecule has 0 atom stereocenters. The van der Waals surface area contributed by atoms with Crippen LogP contribution in [0.25, 0.3) is 6.08 Å². The zero-order valence-corrected chi connectivity index (χ0v) is 17.7. The molecule has 0 spiro atoms. The van der Waals surface area contributed by atoms with Crippen LogP contribution in [0.4, 0.5) is 0 Å². The first-order chi connectivity index (χ1) is 14.9. The van der Waals surface area contributed by atoms with Crippen LogP contribution in [0.3, 0.4) is 0 Å². The van der Waals surface area contributed by atoms with Gasteiger partial charge in [0.1, 0.15) is 13.2 Å². The number of nitrogens with one attached hydrogen (secondary N) is 1. The van der Waals surface area contributed by atoms with Crippen LogP contribution in [0, 0.1) is 0 Å². The Labute approximate surface area is 181 Å². The van der Waals surface area contributed by atoms with Crippen molar-refractivity contribution in [1.82, 2.24) is 9.62 Å². The fourth-order valence-corrected chi connectivity index (χ4v) is 4.27. The van der Waals surface area contributed by atoms with Crippen molar-refractivity contribution < 1.29 is 27.5 Å². The first-order valence-corrected chi connectivity index (χ1v) is 11.2. The average Bonchev–Trinajstić information content (AvgIpc) is 2.81. The van der Waals surface area contributed by atoms with Gasteiger partial charge in [0.2, 0.25) is 15.9 Å². The van der Waals surface area contributed by atoms with Gasteiger partial charge in [0.25, 0.3) is 0 Å². The lowest BCUT2D eigenvalue weighted by atomic mass is 10.2. The Bertz CT molecular complexity index is 1010. The predicted octanol–water partition coefficient (Wildman–Crippen LogP) is 1.58. The molecule has 0 saturated carbocycles. The van der Waals surface area contributed by atoms with Crippen LogP contribution in [0.5, 0.6) is 0 Å². The zero-order chi connectivity index (χ0) is 22.1. The van der Waals surface area contributed by atoms with E-state index in [0.29, 0.717) is 31.9 Å². The quantitative estimate of drug-likeness (QED) is 0.490. The molecule has 2 aromatic carbocycles. The summed E-state index contributed by atoms with van der Waals surface area (Å²) in [5, 5.41) is 2.45. The normalized spacial score (nSPS) is 15.0. The van der Waals surface area contributed by atoms with Gasteiger partial charge in [0.15, 0.2) is 0 Å². The van der Waals surface area contributed by atoms with E-state index in [1.54, 1.807) is 12.1 Å². The molecule has 9 heteroatoms. The van der Waals surface area contributed by atoms with E-state index in [1.807, 2.05) is 30.3 Å². The van der Waals surface area contributed by atoms with Crippen molar-refractivity contribution in [2.75, 3.05) is 32.8 Å². The second kappa shape index (κ2) is 10.9. The maximum Gasteiger partial charge on any atom is 0.325 e. The number of esters is 1. The number of nitrogens with zero attached hydrogens (tertiary/aromatic N) is 1. The van der Waals surface area contributed by atoms with Gasteiger partial charge in [-0.3, -0.25) is 9.59 Å². The minimum absolute atomic E-state index is 0.144. The van der Waals surface area contributed by atoms with Crippen LogP contribution in [0.15, 0.2) is 65.6 Å². The van der Waals surface area contributed by atoms with Gasteiger partial charge >= 0.3 is 5.97 Å². The molecular formula is C22H24N2O6S. The number of carbonyl (C=O) groups is 2. The molecule has 0 radical (unpaired) electrons. The maximum absolute atomic E-state index is 12.6. The summed E-state index contributed by atoms with van der Waals surface area (Å²) in [6, 6.07) is 15.5. The molecule has 1 aliphatic heterocycles. The Morgan fingerprint density at radius 1 is 1.03 bits per heavy atom. The van der Waals surface area contributed by atoms with Crippen LogP contribution in [-0.4, -0.2) is 57.4 Å². The van der Waals surface area contributed by atoms with Gasteiger partial charge in [-0.05, 0) is 29.3 Å². The molecule has 8 nitrogen and oxygen atoms in total. The van der Waals surface area contributed by atoms with E-state index in [-0.39, 0.29) is 18.0 Å². The van der Waals surface area contributed by atoms with E-state index in [9.17, 15) is 18.0 Å². The van der Waals surface area contributed by atoms with Gasteiger partial charge in [-0.1, -0.05) is 42.5 Å². The number of sulfonamides is 1. The van der Waals surface area contributed by atoms with E-state index in [4.69, 9.17) is 9.47 Å². The molecule has 1 N–H and O–H groups in total. The first kappa shape index (κ1) is 22.7. The highest BCUT2D eigenvalue weighted by molar-refractivity contribution is 7.89. The highest BCUT2D eigenvalue weighted by Gasteiger charge is 2.25. The Hall–Kier alpha value is -3.01. The molecular weight excluding hydrogens is 420 g/mol. The minimum Gasteiger partial charge on any atom is -0.460 e. The number of morpholine rings is 1. The summed E-state index contributed by atoms with van der Waals surface area (Å²) >= 11 is 0. The van der Waals surface area contributed by atoms with E-state index in [2.05, 4.69) is 5.32 Å². The average molecular weight is 445 g/mol. The van der Waals surface area contributed by atoms with Crippen molar-refractivity contribution in [2.45, 2.75) is 11.5 Å². The Kier molecular flexibility index (Phi) is 7.94. The van der Waals surface area contributed by atoms with Gasteiger partial charge < -0.3 is 14.8 Å². The number of carbonyl (C=O) groups excluding carboxylic acids is 2. The summed E-state index contributed by atoms with van der Waals surface area (Å²) in [6.07, 6.45) is 2.81. The maximum atomic E-state index is 12.6. The van der Waals surface area contributed by atoms with E-state index >= 15 is 0 Å². The molecule has 1 fully saturated rings. The van der Waals surface area contributed by atoms with Crippen molar-refractivity contribution >= 4 is 28.0 Å². The highest BCUT2D eigenvalue weighted by Crippen LogP contribution is 2.18. The molecule has 1 aliphatic rings. The molecule has 1 amide bonds. The van der Waals surface area contributed by atoms with Crippen molar-refractivity contribution in [1.29, 1.82) is 0 Å². The second-order valence-electron chi connectivity index (χ2n) is 6.78. The molecule has 31 heavy (non-hydrogen) atoms. The van der Waals surface area contributed by atoms with Gasteiger partial charge in [-0.15, -0.1) is 0 Å². The largest absolute Gasteiger partial charge is 0.460 e. The Balaban J connectivity index is 1.46. The van der Waals surface area contributed by atoms with E-state index in [1.165, 1.54) is 28.6 Å². The number of benzene rings is 2. The topological polar surface area (TPSA) is 102 Å². The predicted molar refractivity (Wildman–Crippen MR) is 114 cm³/mol. The molecule has 3 rings (SSSR count). The van der Waals surface area contributed by atoms with Crippen molar-refractivity contribution in [2.24, 2.45) is 0 Å². The summed E-state index contributed by atoms with van der Waals surface area (Å²) in [5.41, 5.74) is 1.52. The lowest BCUT2D eigenvalue weighted by molar-refractivity contribution is -0.144. The second-order valence-corrected chi connectivity index (χ2v) is 8.72. The third-order valence-corrected chi connectivity index (χ3v) is 6.48. The highest BCUT2D eigenvalue weighted by atomic mass is 32.2. The van der Waals surface area contributed by atoms with Crippen LogP contribution >= 0.6 is 0 Å². The lowest BCUT2D eigenvalue weighted by Gasteiger charge is -2.26. The lowest BCUT2D eigenvalue weighted by Crippen LogP contribution is -2.40. The number of rotatable bonds is 8. The number of hydrogen-bond acceptors (Lipinski definition) is 6. The molecule has 1 heterocycles. The molecule has 0 aromatic heterocycles. The monoisotopic (exact) mass is 444 g/mol. The van der Waals surface area contributed by atoms with Gasteiger partial charge in [0.05, 0.1) is 18.1 Å². The third-order valence-electron chi connectivity index (χ3n) is 4.56. The summed E-state index contributed by atoms with van der Waals surface area (Å²) < 4.78 is 36.9. The fraction of sp³-hybridized carbons (Fsp3) is 0.273. The number of amides is 1.